The van der Waals surface area contributed by atoms with Gasteiger partial charge in [0.05, 0.1) is 24.9 Å². The molecule has 0 amide bonds. The predicted molar refractivity (Wildman–Crippen MR) is 162 cm³/mol. The molecule has 0 bridgehead atoms. The van der Waals surface area contributed by atoms with E-state index in [2.05, 4.69) is 34.6 Å². The predicted octanol–water partition coefficient (Wildman–Crippen LogP) is 3.64. The van der Waals surface area contributed by atoms with Gasteiger partial charge in [0.2, 0.25) is 0 Å². The first-order chi connectivity index (χ1) is 20.5. The topological polar surface area (TPSA) is 157 Å². The first kappa shape index (κ1) is 32.9. The normalized spacial score (nSPS) is 53.6. The fraction of sp³-hybridized carbons (Fsp3) is 0.914. The van der Waals surface area contributed by atoms with Crippen molar-refractivity contribution in [2.75, 3.05) is 6.61 Å². The first-order valence-corrected chi connectivity index (χ1v) is 17.1. The molecule has 6 fully saturated rings. The Morgan fingerprint density at radius 1 is 0.955 bits per heavy atom. The average Bonchev–Trinajstić information content (AvgIpc) is 3.56. The number of hydrogen-bond donors (Lipinski definition) is 6. The maximum Gasteiger partial charge on any atom is 0.330 e. The molecule has 0 aromatic heterocycles. The van der Waals surface area contributed by atoms with Gasteiger partial charge >= 0.3 is 5.97 Å². The molecule has 0 aromatic carbocycles. The lowest BCUT2D eigenvalue weighted by molar-refractivity contribution is -0.304. The molecule has 1 saturated heterocycles. The van der Waals surface area contributed by atoms with Crippen molar-refractivity contribution in [3.63, 3.8) is 0 Å². The lowest BCUT2D eigenvalue weighted by Crippen LogP contribution is -2.64. The standard InChI is InChI=1S/C35H56O9/c1-18(8-7-9-19(2)29(41)42)20-14-24(37)33(6)23-11-10-22-31(3,4)26(44-30-28(40)27(39)21(36)16-43-30)12-13-34(22)17-35(23,34)15-25(38)32(20,33)5/h9,18,20-28,30,36-40H,7-8,10-17H2,1-6H3,(H,41,42)/b19-9+/t18-,20+,21+,22-,23-,24+,25+,26-,27+,28+,30+,32-,33+,34+,35+/m0/s1. The van der Waals surface area contributed by atoms with E-state index >= 15 is 0 Å². The van der Waals surface area contributed by atoms with Gasteiger partial charge in [-0.3, -0.25) is 0 Å². The Morgan fingerprint density at radius 3 is 2.32 bits per heavy atom. The van der Waals surface area contributed by atoms with Crippen LogP contribution in [0.1, 0.15) is 99.3 Å². The molecule has 2 spiro atoms. The highest BCUT2D eigenvalue weighted by Crippen LogP contribution is 2.89. The smallest absolute Gasteiger partial charge is 0.330 e. The zero-order valence-corrected chi connectivity index (χ0v) is 27.4. The Hall–Kier alpha value is -1.07. The number of allylic oxidation sites excluding steroid dienone is 1. The van der Waals surface area contributed by atoms with Crippen molar-refractivity contribution in [1.29, 1.82) is 0 Å². The Bertz CT molecular complexity index is 1170. The third-order valence-electron chi connectivity index (χ3n) is 15.1. The zero-order valence-electron chi connectivity index (χ0n) is 27.4. The summed E-state index contributed by atoms with van der Waals surface area (Å²) in [4.78, 5) is 11.3. The number of ether oxygens (including phenoxy) is 2. The van der Waals surface area contributed by atoms with Crippen LogP contribution in [0.4, 0.5) is 0 Å². The summed E-state index contributed by atoms with van der Waals surface area (Å²) in [5, 5.41) is 64.1. The Morgan fingerprint density at radius 2 is 1.64 bits per heavy atom. The highest BCUT2D eigenvalue weighted by Gasteiger charge is 2.85. The molecule has 6 rings (SSSR count). The molecule has 9 nitrogen and oxygen atoms in total. The van der Waals surface area contributed by atoms with Crippen LogP contribution in [0.2, 0.25) is 0 Å². The van der Waals surface area contributed by atoms with E-state index in [0.717, 1.165) is 44.9 Å². The number of aliphatic carboxylic acids is 1. The number of carboxylic acid groups (broad SMARTS) is 1. The summed E-state index contributed by atoms with van der Waals surface area (Å²) >= 11 is 0. The summed E-state index contributed by atoms with van der Waals surface area (Å²) in [5.74, 6) is 0.175. The van der Waals surface area contributed by atoms with E-state index in [-0.39, 0.29) is 40.8 Å². The van der Waals surface area contributed by atoms with Crippen LogP contribution in [0.25, 0.3) is 0 Å². The Labute approximate surface area is 262 Å². The van der Waals surface area contributed by atoms with Crippen LogP contribution in [0, 0.1) is 50.7 Å². The summed E-state index contributed by atoms with van der Waals surface area (Å²) in [6.07, 6.45) is 3.61. The molecule has 9 heteroatoms. The Kier molecular flexibility index (Phi) is 8.01. The van der Waals surface area contributed by atoms with E-state index < -0.39 is 53.6 Å². The molecular formula is C35H56O9. The molecular weight excluding hydrogens is 564 g/mol. The first-order valence-electron chi connectivity index (χ1n) is 17.1. The molecule has 0 unspecified atom stereocenters. The number of aliphatic hydroxyl groups is 5. The van der Waals surface area contributed by atoms with Crippen molar-refractivity contribution in [2.24, 2.45) is 50.7 Å². The van der Waals surface area contributed by atoms with Crippen molar-refractivity contribution in [3.8, 4) is 0 Å². The van der Waals surface area contributed by atoms with Crippen molar-refractivity contribution >= 4 is 5.97 Å². The van der Waals surface area contributed by atoms with Gasteiger partial charge < -0.3 is 40.1 Å². The summed E-state index contributed by atoms with van der Waals surface area (Å²) in [7, 11) is 0. The van der Waals surface area contributed by atoms with E-state index in [0.29, 0.717) is 30.3 Å². The number of carboxylic acids is 1. The third kappa shape index (κ3) is 4.25. The highest BCUT2D eigenvalue weighted by atomic mass is 16.7. The van der Waals surface area contributed by atoms with Gasteiger partial charge in [-0.25, -0.2) is 4.79 Å². The van der Waals surface area contributed by atoms with Crippen LogP contribution >= 0.6 is 0 Å². The van der Waals surface area contributed by atoms with Crippen LogP contribution in [-0.2, 0) is 14.3 Å². The minimum Gasteiger partial charge on any atom is -0.478 e. The van der Waals surface area contributed by atoms with Crippen molar-refractivity contribution in [3.05, 3.63) is 11.6 Å². The van der Waals surface area contributed by atoms with Gasteiger partial charge in [-0.1, -0.05) is 40.7 Å². The highest BCUT2D eigenvalue weighted by molar-refractivity contribution is 5.85. The molecule has 250 valence electrons. The molecule has 1 heterocycles. The van der Waals surface area contributed by atoms with E-state index in [1.807, 2.05) is 0 Å². The van der Waals surface area contributed by atoms with E-state index in [4.69, 9.17) is 9.47 Å². The fourth-order valence-corrected chi connectivity index (χ4v) is 12.5. The number of carbonyl (C=O) groups is 1. The van der Waals surface area contributed by atoms with Crippen molar-refractivity contribution in [1.82, 2.24) is 0 Å². The summed E-state index contributed by atoms with van der Waals surface area (Å²) in [6, 6.07) is 0. The van der Waals surface area contributed by atoms with Gasteiger partial charge in [0.25, 0.3) is 0 Å². The molecule has 5 aliphatic carbocycles. The number of hydrogen-bond acceptors (Lipinski definition) is 8. The summed E-state index contributed by atoms with van der Waals surface area (Å²) in [5.41, 5.74) is -0.658. The lowest BCUT2D eigenvalue weighted by atomic mass is 9.40. The Balaban J connectivity index is 1.22. The van der Waals surface area contributed by atoms with E-state index in [1.54, 1.807) is 13.0 Å². The molecule has 1 aliphatic heterocycles. The van der Waals surface area contributed by atoms with Crippen LogP contribution < -0.4 is 0 Å². The molecule has 6 N–H and O–H groups in total. The average molecular weight is 621 g/mol. The SMILES string of the molecule is C/C(=C\CC[C@H](C)[C@H]1C[C@@H](O)[C@@]2(C)[C@@H]3CC[C@H]4C(C)(C)[C@@H](O[C@H]5OC[C@@H](O)[C@@H](O)[C@H]5O)CC[C@@]45C[C@]35C[C@@H](O)[C@]12C)C(=O)O. The van der Waals surface area contributed by atoms with Gasteiger partial charge in [0.1, 0.15) is 18.3 Å². The molecule has 5 saturated carbocycles. The summed E-state index contributed by atoms with van der Waals surface area (Å²) < 4.78 is 12.0. The van der Waals surface area contributed by atoms with Crippen LogP contribution in [0.3, 0.4) is 0 Å². The van der Waals surface area contributed by atoms with E-state index in [1.165, 1.54) is 0 Å². The molecule has 6 aliphatic rings. The third-order valence-corrected chi connectivity index (χ3v) is 15.1. The lowest BCUT2D eigenvalue weighted by Gasteiger charge is -2.65. The second-order valence-corrected chi connectivity index (χ2v) is 16.8. The molecule has 0 radical (unpaired) electrons. The zero-order chi connectivity index (χ0) is 32.2. The van der Waals surface area contributed by atoms with Crippen LogP contribution in [-0.4, -0.2) is 86.1 Å². The maximum atomic E-state index is 12.2. The minimum atomic E-state index is -1.31. The fourth-order valence-electron chi connectivity index (χ4n) is 12.5. The quantitative estimate of drug-likeness (QED) is 0.185. The number of fused-ring (bicyclic) bond motifs is 2. The molecule has 15 atom stereocenters. The van der Waals surface area contributed by atoms with Gasteiger partial charge in [-0.05, 0) is 105 Å². The van der Waals surface area contributed by atoms with Crippen molar-refractivity contribution < 1.29 is 44.9 Å². The second-order valence-electron chi connectivity index (χ2n) is 16.8. The van der Waals surface area contributed by atoms with Crippen molar-refractivity contribution in [2.45, 2.75) is 142 Å². The van der Waals surface area contributed by atoms with Gasteiger partial charge in [0, 0.05) is 16.4 Å². The van der Waals surface area contributed by atoms with Gasteiger partial charge in [-0.2, -0.15) is 0 Å². The molecule has 44 heavy (non-hydrogen) atoms. The van der Waals surface area contributed by atoms with Crippen LogP contribution in [0.5, 0.6) is 0 Å². The second kappa shape index (κ2) is 10.7. The van der Waals surface area contributed by atoms with Crippen LogP contribution in [0.15, 0.2) is 11.6 Å². The molecule has 0 aromatic rings. The minimum absolute atomic E-state index is 0.0204. The largest absolute Gasteiger partial charge is 0.478 e. The monoisotopic (exact) mass is 620 g/mol. The van der Waals surface area contributed by atoms with Gasteiger partial charge in [0.15, 0.2) is 6.29 Å². The summed E-state index contributed by atoms with van der Waals surface area (Å²) in [6.45, 7) is 12.8. The van der Waals surface area contributed by atoms with Gasteiger partial charge in [-0.15, -0.1) is 0 Å². The number of rotatable bonds is 7. The maximum absolute atomic E-state index is 12.2. The van der Waals surface area contributed by atoms with E-state index in [9.17, 15) is 35.4 Å². The number of aliphatic hydroxyl groups excluding tert-OH is 5.